The Morgan fingerprint density at radius 1 is 1.21 bits per heavy atom. The highest BCUT2D eigenvalue weighted by atomic mass is 32.2. The van der Waals surface area contributed by atoms with Gasteiger partial charge in [-0.3, -0.25) is 4.79 Å². The Balaban J connectivity index is 1.69. The van der Waals surface area contributed by atoms with Crippen molar-refractivity contribution in [3.05, 3.63) is 65.0 Å². The van der Waals surface area contributed by atoms with Crippen LogP contribution in [0.1, 0.15) is 11.1 Å². The Bertz CT molecular complexity index is 1030. The topological polar surface area (TPSA) is 65.8 Å². The van der Waals surface area contributed by atoms with Crippen molar-refractivity contribution in [2.45, 2.75) is 11.2 Å². The number of nitrogens with one attached hydrogen (secondary N) is 1. The molecule has 28 heavy (non-hydrogen) atoms. The number of carbonyl (C=O) groups excluding carboxylic acids is 1. The van der Waals surface area contributed by atoms with Crippen LogP contribution in [0.3, 0.4) is 0 Å². The van der Waals surface area contributed by atoms with E-state index in [1.807, 2.05) is 23.6 Å². The number of thioether (sulfide) groups is 1. The van der Waals surface area contributed by atoms with Gasteiger partial charge in [0.25, 0.3) is 0 Å². The second kappa shape index (κ2) is 8.46. The summed E-state index contributed by atoms with van der Waals surface area (Å²) in [5.41, 5.74) is 0.239. The number of alkyl halides is 3. The monoisotopic (exact) mass is 419 g/mol. The van der Waals surface area contributed by atoms with Crippen LogP contribution in [0, 0.1) is 11.3 Å². The Hall–Kier alpha value is -2.83. The van der Waals surface area contributed by atoms with Crippen LogP contribution in [0.5, 0.6) is 0 Å². The van der Waals surface area contributed by atoms with Crippen LogP contribution in [-0.4, -0.2) is 16.6 Å². The van der Waals surface area contributed by atoms with Gasteiger partial charge in [-0.15, -0.1) is 11.3 Å². The Labute approximate surface area is 167 Å². The SMILES string of the molecule is N#Cc1ccc(-c2cccs2)nc1SCC(=O)Nc1cccc(C(F)(F)F)c1. The molecule has 142 valence electrons. The molecular formula is C19H12F3N3OS2. The second-order valence-electron chi connectivity index (χ2n) is 5.55. The molecule has 0 aliphatic carbocycles. The zero-order chi connectivity index (χ0) is 20.1. The van der Waals surface area contributed by atoms with Gasteiger partial charge in [-0.25, -0.2) is 4.98 Å². The van der Waals surface area contributed by atoms with Gasteiger partial charge < -0.3 is 5.32 Å². The molecule has 0 fully saturated rings. The number of nitrogens with zero attached hydrogens (tertiary/aromatic N) is 2. The molecule has 9 heteroatoms. The van der Waals surface area contributed by atoms with Gasteiger partial charge in [0.15, 0.2) is 0 Å². The van der Waals surface area contributed by atoms with Gasteiger partial charge >= 0.3 is 6.18 Å². The third-order valence-corrected chi connectivity index (χ3v) is 5.45. The molecule has 0 bridgehead atoms. The van der Waals surface area contributed by atoms with Gasteiger partial charge in [-0.2, -0.15) is 18.4 Å². The summed E-state index contributed by atoms with van der Waals surface area (Å²) in [5, 5.41) is 14.0. The third kappa shape index (κ3) is 4.91. The average Bonchev–Trinajstić information content (AvgIpc) is 3.20. The molecule has 0 atom stereocenters. The van der Waals surface area contributed by atoms with Crippen LogP contribution in [0.25, 0.3) is 10.6 Å². The highest BCUT2D eigenvalue weighted by Crippen LogP contribution is 2.31. The van der Waals surface area contributed by atoms with Crippen molar-refractivity contribution in [3.63, 3.8) is 0 Å². The van der Waals surface area contributed by atoms with E-state index in [0.29, 0.717) is 16.3 Å². The predicted molar refractivity (Wildman–Crippen MR) is 103 cm³/mol. The van der Waals surface area contributed by atoms with Crippen molar-refractivity contribution in [2.24, 2.45) is 0 Å². The van der Waals surface area contributed by atoms with E-state index >= 15 is 0 Å². The first-order chi connectivity index (χ1) is 13.4. The zero-order valence-corrected chi connectivity index (χ0v) is 15.8. The molecule has 0 aliphatic heterocycles. The summed E-state index contributed by atoms with van der Waals surface area (Å²) >= 11 is 2.56. The first-order valence-corrected chi connectivity index (χ1v) is 9.78. The van der Waals surface area contributed by atoms with Crippen LogP contribution in [0.15, 0.2) is 58.9 Å². The lowest BCUT2D eigenvalue weighted by molar-refractivity contribution is -0.137. The molecular weight excluding hydrogens is 407 g/mol. The molecule has 4 nitrogen and oxygen atoms in total. The number of anilines is 1. The van der Waals surface area contributed by atoms with Gasteiger partial charge in [0.05, 0.1) is 27.5 Å². The van der Waals surface area contributed by atoms with E-state index in [0.717, 1.165) is 28.8 Å². The fourth-order valence-electron chi connectivity index (χ4n) is 2.30. The van der Waals surface area contributed by atoms with E-state index < -0.39 is 17.6 Å². The summed E-state index contributed by atoms with van der Waals surface area (Å²) in [5.74, 6) is -0.581. The van der Waals surface area contributed by atoms with E-state index in [2.05, 4.69) is 10.3 Å². The number of carbonyl (C=O) groups is 1. The maximum atomic E-state index is 12.8. The van der Waals surface area contributed by atoms with Gasteiger partial charge in [0, 0.05) is 5.69 Å². The molecule has 0 spiro atoms. The molecule has 0 aliphatic rings. The van der Waals surface area contributed by atoms with Crippen molar-refractivity contribution in [2.75, 3.05) is 11.1 Å². The third-order valence-electron chi connectivity index (χ3n) is 3.57. The molecule has 1 aromatic carbocycles. The Morgan fingerprint density at radius 3 is 2.71 bits per heavy atom. The molecule has 0 unspecified atom stereocenters. The number of rotatable bonds is 5. The largest absolute Gasteiger partial charge is 0.416 e. The average molecular weight is 419 g/mol. The highest BCUT2D eigenvalue weighted by molar-refractivity contribution is 8.00. The summed E-state index contributed by atoms with van der Waals surface area (Å²) in [6.45, 7) is 0. The number of amides is 1. The number of thiophene rings is 1. The summed E-state index contributed by atoms with van der Waals surface area (Å²) in [6, 6.07) is 13.6. The molecule has 0 saturated heterocycles. The molecule has 0 saturated carbocycles. The van der Waals surface area contributed by atoms with Gasteiger partial charge in [-0.05, 0) is 41.8 Å². The number of benzene rings is 1. The van der Waals surface area contributed by atoms with Gasteiger partial charge in [-0.1, -0.05) is 23.9 Å². The van der Waals surface area contributed by atoms with Crippen LogP contribution in [-0.2, 0) is 11.0 Å². The van der Waals surface area contributed by atoms with Gasteiger partial charge in [0.2, 0.25) is 5.91 Å². The number of halogens is 3. The first-order valence-electron chi connectivity index (χ1n) is 7.92. The summed E-state index contributed by atoms with van der Waals surface area (Å²) in [4.78, 5) is 17.5. The van der Waals surface area contributed by atoms with E-state index in [-0.39, 0.29) is 11.4 Å². The summed E-state index contributed by atoms with van der Waals surface area (Å²) in [6.07, 6.45) is -4.48. The van der Waals surface area contributed by atoms with E-state index in [1.165, 1.54) is 23.5 Å². The Kier molecular flexibility index (Phi) is 6.02. The number of hydrogen-bond donors (Lipinski definition) is 1. The first kappa shape index (κ1) is 19.9. The smallest absolute Gasteiger partial charge is 0.325 e. The van der Waals surface area contributed by atoms with E-state index in [4.69, 9.17) is 0 Å². The normalized spacial score (nSPS) is 11.1. The van der Waals surface area contributed by atoms with Crippen LogP contribution < -0.4 is 5.32 Å². The maximum Gasteiger partial charge on any atom is 0.416 e. The minimum Gasteiger partial charge on any atom is -0.325 e. The quantitative estimate of drug-likeness (QED) is 0.560. The summed E-state index contributed by atoms with van der Waals surface area (Å²) in [7, 11) is 0. The molecule has 3 rings (SSSR count). The summed E-state index contributed by atoms with van der Waals surface area (Å²) < 4.78 is 38.3. The number of pyridine rings is 1. The minimum atomic E-state index is -4.48. The van der Waals surface area contributed by atoms with Crippen LogP contribution in [0.4, 0.5) is 18.9 Å². The van der Waals surface area contributed by atoms with Gasteiger partial charge in [0.1, 0.15) is 11.1 Å². The minimum absolute atomic E-state index is 0.0567. The fourth-order valence-corrected chi connectivity index (χ4v) is 3.77. The van der Waals surface area contributed by atoms with Crippen molar-refractivity contribution in [1.29, 1.82) is 5.26 Å². The van der Waals surface area contributed by atoms with E-state index in [1.54, 1.807) is 12.1 Å². The van der Waals surface area contributed by atoms with Crippen LogP contribution >= 0.6 is 23.1 Å². The maximum absolute atomic E-state index is 12.8. The van der Waals surface area contributed by atoms with Crippen LogP contribution in [0.2, 0.25) is 0 Å². The number of hydrogen-bond acceptors (Lipinski definition) is 5. The lowest BCUT2D eigenvalue weighted by atomic mass is 10.2. The zero-order valence-electron chi connectivity index (χ0n) is 14.2. The molecule has 1 amide bonds. The van der Waals surface area contributed by atoms with Crippen molar-refractivity contribution >= 4 is 34.7 Å². The Morgan fingerprint density at radius 2 is 2.04 bits per heavy atom. The lowest BCUT2D eigenvalue weighted by Gasteiger charge is -2.10. The molecule has 0 radical (unpaired) electrons. The fraction of sp³-hybridized carbons (Fsp3) is 0.105. The highest BCUT2D eigenvalue weighted by Gasteiger charge is 2.30. The predicted octanol–water partition coefficient (Wildman–Crippen LogP) is 5.43. The van der Waals surface area contributed by atoms with E-state index in [9.17, 15) is 23.2 Å². The molecule has 2 heterocycles. The number of aromatic nitrogens is 1. The molecule has 3 aromatic rings. The second-order valence-corrected chi connectivity index (χ2v) is 7.47. The molecule has 1 N–H and O–H groups in total. The lowest BCUT2D eigenvalue weighted by Crippen LogP contribution is -2.15. The standard InChI is InChI=1S/C19H12F3N3OS2/c20-19(21,22)13-3-1-4-14(9-13)24-17(26)11-28-18-12(10-23)6-7-15(25-18)16-5-2-8-27-16/h1-9H,11H2,(H,24,26). The van der Waals surface area contributed by atoms with Crippen molar-refractivity contribution in [3.8, 4) is 16.6 Å². The number of nitriles is 1. The van der Waals surface area contributed by atoms with Crippen molar-refractivity contribution in [1.82, 2.24) is 4.98 Å². The molecule has 2 aromatic heterocycles. The van der Waals surface area contributed by atoms with Crippen molar-refractivity contribution < 1.29 is 18.0 Å².